The number of anilines is 1. The van der Waals surface area contributed by atoms with Gasteiger partial charge in [-0.1, -0.05) is 0 Å². The quantitative estimate of drug-likeness (QED) is 0.741. The van der Waals surface area contributed by atoms with Crippen LogP contribution in [0.1, 0.15) is 37.6 Å². The molecule has 0 bridgehead atoms. The van der Waals surface area contributed by atoms with Crippen LogP contribution in [0, 0.1) is 0 Å². The number of nitrogens with one attached hydrogen (secondary N) is 1. The number of carbonyl (C=O) groups is 3. The van der Waals surface area contributed by atoms with Crippen LogP contribution in [0.5, 0.6) is 0 Å². The molecule has 0 unspecified atom stereocenters. The first-order valence-corrected chi connectivity index (χ1v) is 10.1. The van der Waals surface area contributed by atoms with E-state index in [0.717, 1.165) is 11.5 Å². The molecule has 1 aliphatic rings. The number of nitrogens with two attached hydrogens (primary N) is 1. The van der Waals surface area contributed by atoms with Crippen molar-refractivity contribution in [2.75, 3.05) is 29.9 Å². The largest absolute Gasteiger partial charge is 0.456 e. The molecule has 2 rings (SSSR count). The topological polar surface area (TPSA) is 102 Å². The van der Waals surface area contributed by atoms with E-state index in [0.29, 0.717) is 24.3 Å². The van der Waals surface area contributed by atoms with Crippen LogP contribution in [0.3, 0.4) is 0 Å². The molecule has 1 saturated heterocycles. The van der Waals surface area contributed by atoms with Crippen LogP contribution in [0.25, 0.3) is 0 Å². The summed E-state index contributed by atoms with van der Waals surface area (Å²) >= 11 is 1.81. The zero-order valence-corrected chi connectivity index (χ0v) is 16.8. The summed E-state index contributed by atoms with van der Waals surface area (Å²) in [5.41, 5.74) is 6.21. The normalized spacial score (nSPS) is 15.8. The Bertz CT molecular complexity index is 679. The molecule has 3 N–H and O–H groups in total. The third-order valence-electron chi connectivity index (χ3n) is 3.88. The van der Waals surface area contributed by atoms with Gasteiger partial charge in [0.15, 0.2) is 0 Å². The minimum Gasteiger partial charge on any atom is -0.456 e. The van der Waals surface area contributed by atoms with Crippen molar-refractivity contribution in [1.82, 2.24) is 4.90 Å². The van der Waals surface area contributed by atoms with Gasteiger partial charge in [-0.05, 0) is 45.0 Å². The second kappa shape index (κ2) is 9.23. The molecule has 0 radical (unpaired) electrons. The molecule has 7 nitrogen and oxygen atoms in total. The maximum Gasteiger partial charge on any atom is 0.338 e. The number of ether oxygens (including phenoxy) is 1. The summed E-state index contributed by atoms with van der Waals surface area (Å²) in [4.78, 5) is 38.2. The molecule has 1 fully saturated rings. The number of benzene rings is 1. The van der Waals surface area contributed by atoms with Gasteiger partial charge in [0, 0.05) is 30.3 Å². The van der Waals surface area contributed by atoms with Crippen molar-refractivity contribution in [2.24, 2.45) is 5.73 Å². The van der Waals surface area contributed by atoms with Crippen molar-refractivity contribution in [3.63, 3.8) is 0 Å². The summed E-state index contributed by atoms with van der Waals surface area (Å²) in [7, 11) is 0. The first-order valence-electron chi connectivity index (χ1n) is 8.91. The highest BCUT2D eigenvalue weighted by Gasteiger charge is 2.23. The minimum absolute atomic E-state index is 0.0213. The fraction of sp³-hybridized carbons (Fsp3) is 0.526. The lowest BCUT2D eigenvalue weighted by molar-refractivity contribution is -0.133. The standard InChI is InChI=1S/C19H27N3O4S/c1-19(2,3)26-18(25)13-4-6-14(7-5-13)21-17(24)15(20)12-16(23)22-8-10-27-11-9-22/h4-7,15H,8-12,20H2,1-3H3,(H,21,24)/t15-/m0/s1. The Morgan fingerprint density at radius 2 is 1.78 bits per heavy atom. The van der Waals surface area contributed by atoms with E-state index >= 15 is 0 Å². The van der Waals surface area contributed by atoms with Gasteiger partial charge >= 0.3 is 5.97 Å². The average Bonchev–Trinajstić information content (AvgIpc) is 2.61. The van der Waals surface area contributed by atoms with Crippen molar-refractivity contribution < 1.29 is 19.1 Å². The van der Waals surface area contributed by atoms with E-state index in [2.05, 4.69) is 5.32 Å². The van der Waals surface area contributed by atoms with Gasteiger partial charge in [0.2, 0.25) is 11.8 Å². The number of esters is 1. The fourth-order valence-electron chi connectivity index (χ4n) is 2.48. The number of amides is 2. The number of carbonyl (C=O) groups excluding carboxylic acids is 3. The molecule has 0 spiro atoms. The molecular formula is C19H27N3O4S. The zero-order chi connectivity index (χ0) is 20.0. The summed E-state index contributed by atoms with van der Waals surface area (Å²) in [5.74, 6) is 0.870. The van der Waals surface area contributed by atoms with Crippen LogP contribution in [0.15, 0.2) is 24.3 Å². The van der Waals surface area contributed by atoms with E-state index in [1.807, 2.05) is 11.8 Å². The van der Waals surface area contributed by atoms with Crippen LogP contribution in [0.4, 0.5) is 5.69 Å². The van der Waals surface area contributed by atoms with Gasteiger partial charge in [-0.3, -0.25) is 9.59 Å². The summed E-state index contributed by atoms with van der Waals surface area (Å²) in [6, 6.07) is 5.44. The molecule has 8 heteroatoms. The fourth-order valence-corrected chi connectivity index (χ4v) is 3.39. The van der Waals surface area contributed by atoms with E-state index in [1.54, 1.807) is 49.9 Å². The Labute approximate surface area is 164 Å². The van der Waals surface area contributed by atoms with Gasteiger partial charge in [0.1, 0.15) is 5.60 Å². The first kappa shape index (κ1) is 21.2. The molecule has 0 aliphatic carbocycles. The van der Waals surface area contributed by atoms with Crippen LogP contribution in [-0.2, 0) is 14.3 Å². The maximum atomic E-state index is 12.2. The third-order valence-corrected chi connectivity index (χ3v) is 4.82. The Morgan fingerprint density at radius 3 is 2.33 bits per heavy atom. The molecule has 148 valence electrons. The minimum atomic E-state index is -0.919. The summed E-state index contributed by atoms with van der Waals surface area (Å²) in [6.07, 6.45) is -0.0213. The van der Waals surface area contributed by atoms with Gasteiger partial charge in [-0.2, -0.15) is 11.8 Å². The lowest BCUT2D eigenvalue weighted by Crippen LogP contribution is -2.44. The second-order valence-electron chi connectivity index (χ2n) is 7.37. The van der Waals surface area contributed by atoms with Crippen LogP contribution >= 0.6 is 11.8 Å². The molecule has 27 heavy (non-hydrogen) atoms. The Hall–Kier alpha value is -2.06. The highest BCUT2D eigenvalue weighted by molar-refractivity contribution is 7.99. The van der Waals surface area contributed by atoms with Crippen LogP contribution < -0.4 is 11.1 Å². The average molecular weight is 394 g/mol. The van der Waals surface area contributed by atoms with E-state index in [1.165, 1.54) is 0 Å². The second-order valence-corrected chi connectivity index (χ2v) is 8.60. The summed E-state index contributed by atoms with van der Waals surface area (Å²) in [5, 5.41) is 2.67. The molecule has 1 aliphatic heterocycles. The Balaban J connectivity index is 1.87. The number of thioether (sulfide) groups is 1. The smallest absolute Gasteiger partial charge is 0.338 e. The third kappa shape index (κ3) is 6.88. The lowest BCUT2D eigenvalue weighted by Gasteiger charge is -2.27. The predicted molar refractivity (Wildman–Crippen MR) is 107 cm³/mol. The molecule has 1 aromatic rings. The Kier molecular flexibility index (Phi) is 7.26. The van der Waals surface area contributed by atoms with Crippen molar-refractivity contribution in [2.45, 2.75) is 38.8 Å². The SMILES string of the molecule is CC(C)(C)OC(=O)c1ccc(NC(=O)[C@@H](N)CC(=O)N2CCSCC2)cc1. The van der Waals surface area contributed by atoms with Crippen LogP contribution in [-0.4, -0.2) is 58.9 Å². The molecule has 1 aromatic carbocycles. The highest BCUT2D eigenvalue weighted by atomic mass is 32.2. The van der Waals surface area contributed by atoms with Crippen molar-refractivity contribution in [1.29, 1.82) is 0 Å². The van der Waals surface area contributed by atoms with E-state index in [4.69, 9.17) is 10.5 Å². The highest BCUT2D eigenvalue weighted by Crippen LogP contribution is 2.15. The number of rotatable bonds is 5. The monoisotopic (exact) mass is 393 g/mol. The lowest BCUT2D eigenvalue weighted by atomic mass is 10.1. The number of hydrogen-bond donors (Lipinski definition) is 2. The van der Waals surface area contributed by atoms with Gasteiger partial charge in [0.05, 0.1) is 18.0 Å². The van der Waals surface area contributed by atoms with Gasteiger partial charge < -0.3 is 20.7 Å². The molecule has 0 aromatic heterocycles. The van der Waals surface area contributed by atoms with Crippen molar-refractivity contribution >= 4 is 35.2 Å². The number of nitrogens with zero attached hydrogens (tertiary/aromatic N) is 1. The van der Waals surface area contributed by atoms with Gasteiger partial charge in [-0.15, -0.1) is 0 Å². The van der Waals surface area contributed by atoms with E-state index < -0.39 is 23.5 Å². The molecule has 1 atom stereocenters. The predicted octanol–water partition coefficient (Wildman–Crippen LogP) is 1.87. The Morgan fingerprint density at radius 1 is 1.19 bits per heavy atom. The maximum absolute atomic E-state index is 12.2. The van der Waals surface area contributed by atoms with Crippen LogP contribution in [0.2, 0.25) is 0 Å². The number of hydrogen-bond acceptors (Lipinski definition) is 6. The molecule has 0 saturated carbocycles. The zero-order valence-electron chi connectivity index (χ0n) is 16.0. The first-order chi connectivity index (χ1) is 12.7. The molecule has 2 amide bonds. The molecular weight excluding hydrogens is 366 g/mol. The van der Waals surface area contributed by atoms with E-state index in [-0.39, 0.29) is 12.3 Å². The van der Waals surface area contributed by atoms with E-state index in [9.17, 15) is 14.4 Å². The molecule has 1 heterocycles. The van der Waals surface area contributed by atoms with Crippen molar-refractivity contribution in [3.8, 4) is 0 Å². The van der Waals surface area contributed by atoms with Gasteiger partial charge in [0.25, 0.3) is 0 Å². The van der Waals surface area contributed by atoms with Gasteiger partial charge in [-0.25, -0.2) is 4.79 Å². The van der Waals surface area contributed by atoms with Crippen molar-refractivity contribution in [3.05, 3.63) is 29.8 Å². The summed E-state index contributed by atoms with van der Waals surface area (Å²) < 4.78 is 5.29. The summed E-state index contributed by atoms with van der Waals surface area (Å²) in [6.45, 7) is 6.79.